The molecule has 1 N–H and O–H groups in total. The molecule has 2 aromatic carbocycles. The number of aryl methyl sites for hydroxylation is 1. The van der Waals surface area contributed by atoms with Gasteiger partial charge in [-0.25, -0.2) is 13.2 Å². The summed E-state index contributed by atoms with van der Waals surface area (Å²) in [4.78, 5) is 40.1. The number of ketones is 1. The number of carbonyl (C=O) groups is 3. The third-order valence-electron chi connectivity index (χ3n) is 6.61. The molecule has 1 fully saturated rings. The van der Waals surface area contributed by atoms with E-state index in [0.29, 0.717) is 30.6 Å². The lowest BCUT2D eigenvalue weighted by Gasteiger charge is -2.33. The van der Waals surface area contributed by atoms with Crippen LogP contribution in [0.25, 0.3) is 0 Å². The predicted octanol–water partition coefficient (Wildman–Crippen LogP) is 1.97. The molecule has 1 atom stereocenters. The molecule has 0 radical (unpaired) electrons. The van der Waals surface area contributed by atoms with Crippen LogP contribution in [0.15, 0.2) is 42.5 Å². The van der Waals surface area contributed by atoms with E-state index in [2.05, 4.69) is 5.32 Å². The molecule has 32 heavy (non-hydrogen) atoms. The van der Waals surface area contributed by atoms with E-state index in [1.165, 1.54) is 4.31 Å². The molecule has 5 rings (SSSR count). The van der Waals surface area contributed by atoms with E-state index in [1.807, 2.05) is 24.3 Å². The van der Waals surface area contributed by atoms with Crippen molar-refractivity contribution in [2.75, 3.05) is 23.7 Å². The first-order valence-corrected chi connectivity index (χ1v) is 12.4. The van der Waals surface area contributed by atoms with Crippen LogP contribution in [-0.4, -0.2) is 50.4 Å². The van der Waals surface area contributed by atoms with E-state index in [4.69, 9.17) is 0 Å². The Balaban J connectivity index is 1.40. The lowest BCUT2D eigenvalue weighted by Crippen LogP contribution is -2.46. The molecule has 0 bridgehead atoms. The number of hydrogen-bond donors (Lipinski definition) is 1. The summed E-state index contributed by atoms with van der Waals surface area (Å²) < 4.78 is 25.2. The van der Waals surface area contributed by atoms with Gasteiger partial charge in [0.2, 0.25) is 10.0 Å². The number of Topliss-reactive ketones (excluding diaryl/α,β-unsaturated/α-hetero) is 1. The minimum Gasteiger partial charge on any atom is -0.319 e. The number of urea groups is 1. The van der Waals surface area contributed by atoms with Gasteiger partial charge in [0.25, 0.3) is 5.91 Å². The maximum absolute atomic E-state index is 13.4. The summed E-state index contributed by atoms with van der Waals surface area (Å²) in [5, 5.41) is 2.86. The number of fused-ring (bicyclic) bond motifs is 3. The molecule has 1 saturated heterocycles. The Kier molecular flexibility index (Phi) is 4.63. The molecule has 0 aromatic heterocycles. The predicted molar refractivity (Wildman–Crippen MR) is 118 cm³/mol. The standard InChI is InChI=1S/C23H23N3O5S/c1-32(30,31)26-12-10-16-13-17(8-9-19(16)26)20(27)14-25-21(28)23(24-22(25)29)11-4-6-15-5-2-3-7-18(15)23/h2-3,5,7-9,13H,4,6,10-12,14H2,1H3,(H,24,29)/t23-/m0/s1. The number of rotatable bonds is 4. The molecule has 9 heteroatoms. The third kappa shape index (κ3) is 3.10. The number of anilines is 1. The first kappa shape index (κ1) is 20.7. The second-order valence-corrected chi connectivity index (χ2v) is 10.5. The average Bonchev–Trinajstić information content (AvgIpc) is 3.29. The van der Waals surface area contributed by atoms with Crippen molar-refractivity contribution in [1.29, 1.82) is 0 Å². The summed E-state index contributed by atoms with van der Waals surface area (Å²) in [7, 11) is -3.38. The van der Waals surface area contributed by atoms with Crippen molar-refractivity contribution in [3.63, 3.8) is 0 Å². The lowest BCUT2D eigenvalue weighted by atomic mass is 9.76. The van der Waals surface area contributed by atoms with Crippen LogP contribution in [0.1, 0.15) is 39.9 Å². The van der Waals surface area contributed by atoms with Gasteiger partial charge in [0.15, 0.2) is 5.78 Å². The van der Waals surface area contributed by atoms with Gasteiger partial charge in [0.1, 0.15) is 5.54 Å². The molecule has 3 aliphatic rings. The van der Waals surface area contributed by atoms with Gasteiger partial charge in [-0.3, -0.25) is 18.8 Å². The molecule has 1 aliphatic carbocycles. The smallest absolute Gasteiger partial charge is 0.319 e. The number of benzene rings is 2. The Morgan fingerprint density at radius 3 is 2.66 bits per heavy atom. The van der Waals surface area contributed by atoms with Crippen molar-refractivity contribution >= 4 is 33.4 Å². The molecule has 2 heterocycles. The van der Waals surface area contributed by atoms with Crippen LogP contribution in [0.4, 0.5) is 10.5 Å². The van der Waals surface area contributed by atoms with E-state index in [9.17, 15) is 22.8 Å². The molecule has 3 amide bonds. The van der Waals surface area contributed by atoms with Gasteiger partial charge in [-0.1, -0.05) is 24.3 Å². The van der Waals surface area contributed by atoms with E-state index >= 15 is 0 Å². The van der Waals surface area contributed by atoms with Gasteiger partial charge in [-0.2, -0.15) is 0 Å². The Bertz CT molecular complexity index is 1270. The SMILES string of the molecule is CS(=O)(=O)N1CCc2cc(C(=O)CN3C(=O)N[C@]4(CCCc5ccccc54)C3=O)ccc21. The van der Waals surface area contributed by atoms with Crippen molar-refractivity contribution in [3.05, 3.63) is 64.7 Å². The van der Waals surface area contributed by atoms with Crippen molar-refractivity contribution in [1.82, 2.24) is 10.2 Å². The Morgan fingerprint density at radius 1 is 1.09 bits per heavy atom. The maximum atomic E-state index is 13.4. The van der Waals surface area contributed by atoms with Crippen LogP contribution >= 0.6 is 0 Å². The Hall–Kier alpha value is -3.20. The van der Waals surface area contributed by atoms with Gasteiger partial charge in [0, 0.05) is 12.1 Å². The number of nitrogens with zero attached hydrogens (tertiary/aromatic N) is 2. The molecule has 2 aliphatic heterocycles. The molecular formula is C23H23N3O5S. The van der Waals surface area contributed by atoms with E-state index in [0.717, 1.165) is 40.7 Å². The monoisotopic (exact) mass is 453 g/mol. The molecule has 0 unspecified atom stereocenters. The summed E-state index contributed by atoms with van der Waals surface area (Å²) >= 11 is 0. The zero-order valence-electron chi connectivity index (χ0n) is 17.6. The van der Waals surface area contributed by atoms with Crippen molar-refractivity contribution < 1.29 is 22.8 Å². The number of hydrogen-bond acceptors (Lipinski definition) is 5. The quantitative estimate of drug-likeness (QED) is 0.563. The Labute approximate surface area is 186 Å². The summed E-state index contributed by atoms with van der Waals surface area (Å²) in [6, 6.07) is 11.9. The number of carbonyl (C=O) groups excluding carboxylic acids is 3. The van der Waals surface area contributed by atoms with E-state index < -0.39 is 27.5 Å². The highest BCUT2D eigenvalue weighted by atomic mass is 32.2. The Morgan fingerprint density at radius 2 is 1.88 bits per heavy atom. The van der Waals surface area contributed by atoms with Gasteiger partial charge < -0.3 is 5.32 Å². The highest BCUT2D eigenvalue weighted by Gasteiger charge is 2.54. The van der Waals surface area contributed by atoms with E-state index in [-0.39, 0.29) is 12.3 Å². The molecule has 2 aromatic rings. The fourth-order valence-corrected chi connectivity index (χ4v) is 6.04. The zero-order chi connectivity index (χ0) is 22.7. The first-order chi connectivity index (χ1) is 15.2. The third-order valence-corrected chi connectivity index (χ3v) is 7.79. The van der Waals surface area contributed by atoms with Crippen LogP contribution in [0.5, 0.6) is 0 Å². The summed E-state index contributed by atoms with van der Waals surface area (Å²) in [5.74, 6) is -0.761. The molecule has 0 saturated carbocycles. The maximum Gasteiger partial charge on any atom is 0.325 e. The minimum absolute atomic E-state index is 0.334. The van der Waals surface area contributed by atoms with Crippen LogP contribution in [0.2, 0.25) is 0 Å². The van der Waals surface area contributed by atoms with Gasteiger partial charge >= 0.3 is 6.03 Å². The average molecular weight is 454 g/mol. The summed E-state index contributed by atoms with van der Waals surface area (Å²) in [5.41, 5.74) is 2.41. The fourth-order valence-electron chi connectivity index (χ4n) is 5.08. The summed E-state index contributed by atoms with van der Waals surface area (Å²) in [6.45, 7) is -0.0239. The van der Waals surface area contributed by atoms with Crippen molar-refractivity contribution in [3.8, 4) is 0 Å². The number of nitrogens with one attached hydrogen (secondary N) is 1. The van der Waals surface area contributed by atoms with Gasteiger partial charge in [-0.15, -0.1) is 0 Å². The van der Waals surface area contributed by atoms with Gasteiger partial charge in [-0.05, 0) is 60.6 Å². The second-order valence-electron chi connectivity index (χ2n) is 8.59. The van der Waals surface area contributed by atoms with Gasteiger partial charge in [0.05, 0.1) is 18.5 Å². The number of sulfonamides is 1. The molecule has 8 nitrogen and oxygen atoms in total. The number of imide groups is 1. The first-order valence-electron chi connectivity index (χ1n) is 10.6. The molecule has 1 spiro atoms. The van der Waals surface area contributed by atoms with Crippen molar-refractivity contribution in [2.45, 2.75) is 31.2 Å². The topological polar surface area (TPSA) is 104 Å². The zero-order valence-corrected chi connectivity index (χ0v) is 18.4. The highest BCUT2D eigenvalue weighted by molar-refractivity contribution is 7.92. The second kappa shape index (κ2) is 7.16. The lowest BCUT2D eigenvalue weighted by molar-refractivity contribution is -0.131. The molecule has 166 valence electrons. The van der Waals surface area contributed by atoms with E-state index in [1.54, 1.807) is 18.2 Å². The minimum atomic E-state index is -3.38. The van der Waals surface area contributed by atoms with Crippen LogP contribution in [-0.2, 0) is 33.2 Å². The highest BCUT2D eigenvalue weighted by Crippen LogP contribution is 2.40. The van der Waals surface area contributed by atoms with Crippen LogP contribution in [0.3, 0.4) is 0 Å². The van der Waals surface area contributed by atoms with Crippen LogP contribution in [0, 0.1) is 0 Å². The summed E-state index contributed by atoms with van der Waals surface area (Å²) in [6.07, 6.45) is 3.77. The number of amides is 3. The normalized spacial score (nSPS) is 22.2. The molecular weight excluding hydrogens is 430 g/mol. The van der Waals surface area contributed by atoms with Crippen LogP contribution < -0.4 is 9.62 Å². The fraction of sp³-hybridized carbons (Fsp3) is 0.348. The largest absolute Gasteiger partial charge is 0.325 e. The van der Waals surface area contributed by atoms with Crippen molar-refractivity contribution in [2.24, 2.45) is 0 Å².